The van der Waals surface area contributed by atoms with Crippen LogP contribution in [0.5, 0.6) is 0 Å². The first-order valence-electron chi connectivity index (χ1n) is 6.22. The van der Waals surface area contributed by atoms with E-state index in [0.29, 0.717) is 0 Å². The topological polar surface area (TPSA) is 49.4 Å². The molecule has 1 heterocycles. The second-order valence-corrected chi connectivity index (χ2v) is 6.28. The van der Waals surface area contributed by atoms with Crippen molar-refractivity contribution in [3.05, 3.63) is 0 Å². The summed E-state index contributed by atoms with van der Waals surface area (Å²) in [6, 6.07) is 0. The van der Waals surface area contributed by atoms with Gasteiger partial charge in [0, 0.05) is 31.0 Å². The Morgan fingerprint density at radius 2 is 1.65 bits per heavy atom. The fraction of sp³-hybridized carbons (Fsp3) is 0.846. The molecule has 0 aromatic heterocycles. The fourth-order valence-electron chi connectivity index (χ4n) is 2.23. The maximum atomic E-state index is 12.1. The van der Waals surface area contributed by atoms with E-state index in [1.807, 2.05) is 32.6 Å². The van der Waals surface area contributed by atoms with Crippen LogP contribution in [0, 0.1) is 5.41 Å². The molecule has 0 atom stereocenters. The Morgan fingerprint density at radius 3 is 2.00 bits per heavy atom. The van der Waals surface area contributed by atoms with Gasteiger partial charge in [-0.05, 0) is 19.8 Å². The zero-order chi connectivity index (χ0) is 13.3. The van der Waals surface area contributed by atoms with Crippen molar-refractivity contribution in [3.63, 3.8) is 0 Å². The Hall–Kier alpha value is -1.06. The van der Waals surface area contributed by atoms with Gasteiger partial charge >= 0.3 is 0 Å². The summed E-state index contributed by atoms with van der Waals surface area (Å²) in [5.74, 6) is 0.200. The average Bonchev–Trinajstić information content (AvgIpc) is 2.14. The lowest BCUT2D eigenvalue weighted by atomic mass is 9.87. The number of amides is 2. The second-order valence-electron chi connectivity index (χ2n) is 6.28. The molecule has 17 heavy (non-hydrogen) atoms. The summed E-state index contributed by atoms with van der Waals surface area (Å²) in [6.45, 7) is 10.9. The second kappa shape index (κ2) is 4.67. The molecule has 0 radical (unpaired) electrons. The zero-order valence-corrected chi connectivity index (χ0v) is 11.6. The van der Waals surface area contributed by atoms with E-state index in [0.717, 1.165) is 25.9 Å². The van der Waals surface area contributed by atoms with Gasteiger partial charge in [0.15, 0.2) is 0 Å². The molecule has 1 aliphatic rings. The number of hydrogen-bond acceptors (Lipinski definition) is 2. The highest BCUT2D eigenvalue weighted by molar-refractivity contribution is 5.81. The highest BCUT2D eigenvalue weighted by atomic mass is 16.2. The maximum absolute atomic E-state index is 12.1. The van der Waals surface area contributed by atoms with Gasteiger partial charge in [-0.15, -0.1) is 0 Å². The molecular formula is C13H24N2O2. The Bertz CT molecular complexity index is 310. The molecular weight excluding hydrogens is 216 g/mol. The first-order chi connectivity index (χ1) is 7.64. The number of rotatable bonds is 1. The van der Waals surface area contributed by atoms with Crippen molar-refractivity contribution in [2.45, 2.75) is 53.0 Å². The predicted molar refractivity (Wildman–Crippen MR) is 67.5 cm³/mol. The fourth-order valence-corrected chi connectivity index (χ4v) is 2.23. The van der Waals surface area contributed by atoms with E-state index >= 15 is 0 Å². The van der Waals surface area contributed by atoms with Crippen LogP contribution < -0.4 is 5.32 Å². The molecule has 0 saturated carbocycles. The van der Waals surface area contributed by atoms with Crippen molar-refractivity contribution in [3.8, 4) is 0 Å². The van der Waals surface area contributed by atoms with Crippen molar-refractivity contribution < 1.29 is 9.59 Å². The molecule has 0 bridgehead atoms. The van der Waals surface area contributed by atoms with E-state index in [4.69, 9.17) is 0 Å². The number of piperidine rings is 1. The molecule has 4 nitrogen and oxygen atoms in total. The number of hydrogen-bond donors (Lipinski definition) is 1. The number of likely N-dealkylation sites (tertiary alicyclic amines) is 1. The van der Waals surface area contributed by atoms with Crippen molar-refractivity contribution in [2.75, 3.05) is 13.1 Å². The first-order valence-corrected chi connectivity index (χ1v) is 6.22. The van der Waals surface area contributed by atoms with Crippen molar-refractivity contribution in [1.82, 2.24) is 10.2 Å². The van der Waals surface area contributed by atoms with E-state index in [2.05, 4.69) is 5.32 Å². The number of carbonyl (C=O) groups excluding carboxylic acids is 2. The van der Waals surface area contributed by atoms with Gasteiger partial charge in [0.25, 0.3) is 0 Å². The van der Waals surface area contributed by atoms with Crippen LogP contribution in [0.15, 0.2) is 0 Å². The molecule has 1 N–H and O–H groups in total. The molecule has 1 rings (SSSR count). The SMILES string of the molecule is CC(=O)NC1(C)CCN(C(=O)C(C)(C)C)CC1. The minimum Gasteiger partial charge on any atom is -0.351 e. The van der Waals surface area contributed by atoms with E-state index in [-0.39, 0.29) is 22.8 Å². The van der Waals surface area contributed by atoms with Gasteiger partial charge in [-0.1, -0.05) is 20.8 Å². The largest absolute Gasteiger partial charge is 0.351 e. The molecule has 0 aromatic rings. The summed E-state index contributed by atoms with van der Waals surface area (Å²) in [7, 11) is 0. The van der Waals surface area contributed by atoms with Crippen LogP contribution >= 0.6 is 0 Å². The Labute approximate surface area is 104 Å². The van der Waals surface area contributed by atoms with Crippen LogP contribution in [0.1, 0.15) is 47.5 Å². The highest BCUT2D eigenvalue weighted by Crippen LogP contribution is 2.25. The lowest BCUT2D eigenvalue weighted by molar-refractivity contribution is -0.141. The molecule has 4 heteroatoms. The molecule has 1 fully saturated rings. The van der Waals surface area contributed by atoms with Gasteiger partial charge in [-0.2, -0.15) is 0 Å². The van der Waals surface area contributed by atoms with Gasteiger partial charge in [0.1, 0.15) is 0 Å². The summed E-state index contributed by atoms with van der Waals surface area (Å²) < 4.78 is 0. The zero-order valence-electron chi connectivity index (χ0n) is 11.6. The van der Waals surface area contributed by atoms with E-state index < -0.39 is 0 Å². The molecule has 1 saturated heterocycles. The normalized spacial score (nSPS) is 19.9. The van der Waals surface area contributed by atoms with Crippen molar-refractivity contribution in [1.29, 1.82) is 0 Å². The molecule has 0 spiro atoms. The minimum absolute atomic E-state index is 0.00287. The van der Waals surface area contributed by atoms with Crippen LogP contribution in [0.3, 0.4) is 0 Å². The summed E-state index contributed by atoms with van der Waals surface area (Å²) in [5, 5.41) is 2.98. The van der Waals surface area contributed by atoms with E-state index in [1.165, 1.54) is 6.92 Å². The number of nitrogens with zero attached hydrogens (tertiary/aromatic N) is 1. The summed E-state index contributed by atoms with van der Waals surface area (Å²) in [5.41, 5.74) is -0.470. The maximum Gasteiger partial charge on any atom is 0.227 e. The van der Waals surface area contributed by atoms with Gasteiger partial charge in [-0.3, -0.25) is 9.59 Å². The van der Waals surface area contributed by atoms with Crippen molar-refractivity contribution >= 4 is 11.8 Å². The average molecular weight is 240 g/mol. The Balaban J connectivity index is 2.57. The van der Waals surface area contributed by atoms with Gasteiger partial charge in [0.05, 0.1) is 0 Å². The van der Waals surface area contributed by atoms with Crippen LogP contribution in [-0.2, 0) is 9.59 Å². The third-order valence-electron chi connectivity index (χ3n) is 3.27. The highest BCUT2D eigenvalue weighted by Gasteiger charge is 2.35. The standard InChI is InChI=1S/C13H24N2O2/c1-10(16)14-13(5)6-8-15(9-7-13)11(17)12(2,3)4/h6-9H2,1-5H3,(H,14,16). The number of nitrogens with one attached hydrogen (secondary N) is 1. The summed E-state index contributed by atoms with van der Waals surface area (Å²) >= 11 is 0. The summed E-state index contributed by atoms with van der Waals surface area (Å²) in [4.78, 5) is 25.1. The van der Waals surface area contributed by atoms with Crippen LogP contribution in [0.2, 0.25) is 0 Å². The molecule has 0 unspecified atom stereocenters. The Kier molecular flexibility index (Phi) is 3.84. The van der Waals surface area contributed by atoms with Crippen LogP contribution in [0.4, 0.5) is 0 Å². The number of carbonyl (C=O) groups is 2. The van der Waals surface area contributed by atoms with Crippen molar-refractivity contribution in [2.24, 2.45) is 5.41 Å². The van der Waals surface area contributed by atoms with Crippen LogP contribution in [0.25, 0.3) is 0 Å². The van der Waals surface area contributed by atoms with Gasteiger partial charge in [-0.25, -0.2) is 0 Å². The van der Waals surface area contributed by atoms with Crippen LogP contribution in [-0.4, -0.2) is 35.3 Å². The predicted octanol–water partition coefficient (Wildman–Crippen LogP) is 1.55. The monoisotopic (exact) mass is 240 g/mol. The lowest BCUT2D eigenvalue weighted by Crippen LogP contribution is -2.55. The summed E-state index contributed by atoms with van der Waals surface area (Å²) in [6.07, 6.45) is 1.66. The molecule has 2 amide bonds. The minimum atomic E-state index is -0.318. The first kappa shape index (κ1) is 14.0. The third kappa shape index (κ3) is 3.72. The smallest absolute Gasteiger partial charge is 0.227 e. The third-order valence-corrected chi connectivity index (χ3v) is 3.27. The molecule has 98 valence electrons. The van der Waals surface area contributed by atoms with E-state index in [9.17, 15) is 9.59 Å². The lowest BCUT2D eigenvalue weighted by Gasteiger charge is -2.41. The quantitative estimate of drug-likeness (QED) is 0.756. The van der Waals surface area contributed by atoms with Gasteiger partial charge in [0.2, 0.25) is 11.8 Å². The Morgan fingerprint density at radius 1 is 1.18 bits per heavy atom. The molecule has 0 aromatic carbocycles. The van der Waals surface area contributed by atoms with Gasteiger partial charge < -0.3 is 10.2 Å². The molecule has 0 aliphatic carbocycles. The van der Waals surface area contributed by atoms with E-state index in [1.54, 1.807) is 0 Å². The molecule has 1 aliphatic heterocycles.